The fraction of sp³-hybridized carbons (Fsp3) is 0.750. The zero-order chi connectivity index (χ0) is 12.6. The topological polar surface area (TPSA) is 46.6 Å². The van der Waals surface area contributed by atoms with Crippen LogP contribution in [0.15, 0.2) is 11.6 Å². The lowest BCUT2D eigenvalue weighted by molar-refractivity contribution is 0.111. The van der Waals surface area contributed by atoms with Crippen LogP contribution in [0.1, 0.15) is 27.2 Å². The molecule has 96 valence electrons. The van der Waals surface area contributed by atoms with Crippen molar-refractivity contribution >= 4 is 16.6 Å². The van der Waals surface area contributed by atoms with Gasteiger partial charge in [-0.25, -0.2) is 4.79 Å². The number of carbonyl (C=O) groups excluding carboxylic acids is 1. The molecule has 1 unspecified atom stereocenters. The van der Waals surface area contributed by atoms with Gasteiger partial charge in [-0.05, 0) is 18.8 Å². The van der Waals surface area contributed by atoms with Crippen molar-refractivity contribution in [2.45, 2.75) is 27.2 Å². The molecular weight excluding hydrogens is 236 g/mol. The van der Waals surface area contributed by atoms with Crippen LogP contribution in [0.2, 0.25) is 0 Å². The average molecular weight is 256 g/mol. The number of carbonyl (C=O) groups is 1. The van der Waals surface area contributed by atoms with E-state index in [1.165, 1.54) is 5.57 Å². The molecule has 0 N–H and O–H groups in total. The standard InChI is InChI=1S/C12H20N2O2S/c1-10-4-6-13(7-5-10)11(15)17(16)14-8-12(2,3)9-14/h4H,5-9H2,1-3H3. The van der Waals surface area contributed by atoms with Crippen LogP contribution in [-0.4, -0.2) is 45.2 Å². The molecule has 1 amide bonds. The zero-order valence-electron chi connectivity index (χ0n) is 10.7. The number of nitrogens with zero attached hydrogens (tertiary/aromatic N) is 2. The molecule has 0 aromatic carbocycles. The molecule has 4 nitrogen and oxygen atoms in total. The molecule has 2 aliphatic heterocycles. The lowest BCUT2D eigenvalue weighted by Crippen LogP contribution is -2.58. The highest BCUT2D eigenvalue weighted by Gasteiger charge is 2.46. The first-order valence-corrected chi connectivity index (χ1v) is 7.11. The Morgan fingerprint density at radius 2 is 2.12 bits per heavy atom. The molecule has 1 fully saturated rings. The molecule has 2 heterocycles. The van der Waals surface area contributed by atoms with Gasteiger partial charge in [-0.3, -0.25) is 4.90 Å². The summed E-state index contributed by atoms with van der Waals surface area (Å²) in [6, 6.07) is 0. The fourth-order valence-corrected chi connectivity index (χ4v) is 3.72. The second-order valence-electron chi connectivity index (χ2n) is 5.72. The zero-order valence-corrected chi connectivity index (χ0v) is 11.5. The molecule has 1 saturated heterocycles. The summed E-state index contributed by atoms with van der Waals surface area (Å²) in [5.41, 5.74) is 1.51. The van der Waals surface area contributed by atoms with Gasteiger partial charge in [0.2, 0.25) is 0 Å². The van der Waals surface area contributed by atoms with Crippen molar-refractivity contribution in [2.24, 2.45) is 5.41 Å². The first-order valence-electron chi connectivity index (χ1n) is 6.00. The highest BCUT2D eigenvalue weighted by molar-refractivity contribution is 8.03. The third-order valence-electron chi connectivity index (χ3n) is 3.29. The Kier molecular flexibility index (Phi) is 3.52. The van der Waals surface area contributed by atoms with Crippen LogP contribution < -0.4 is 0 Å². The van der Waals surface area contributed by atoms with Crippen LogP contribution in [0.5, 0.6) is 0 Å². The second-order valence-corrected chi connectivity index (χ2v) is 7.09. The predicted molar refractivity (Wildman–Crippen MR) is 68.8 cm³/mol. The van der Waals surface area contributed by atoms with Gasteiger partial charge in [-0.1, -0.05) is 25.5 Å². The number of hydrogen-bond donors (Lipinski definition) is 0. The minimum atomic E-state index is -1.49. The Labute approximate surface area is 106 Å². The molecule has 0 aliphatic carbocycles. The Hall–Kier alpha value is -0.520. The average Bonchev–Trinajstić information content (AvgIpc) is 2.25. The van der Waals surface area contributed by atoms with Gasteiger partial charge >= 0.3 is 5.24 Å². The largest absolute Gasteiger partial charge is 0.589 e. The number of amides is 1. The van der Waals surface area contributed by atoms with Gasteiger partial charge in [0.25, 0.3) is 0 Å². The highest BCUT2D eigenvalue weighted by atomic mass is 32.2. The van der Waals surface area contributed by atoms with Crippen molar-refractivity contribution in [1.82, 2.24) is 9.21 Å². The summed E-state index contributed by atoms with van der Waals surface area (Å²) in [5, 5.41) is -0.232. The van der Waals surface area contributed by atoms with Crippen molar-refractivity contribution in [3.8, 4) is 0 Å². The fourth-order valence-electron chi connectivity index (χ4n) is 2.18. The summed E-state index contributed by atoms with van der Waals surface area (Å²) in [7, 11) is 0. The summed E-state index contributed by atoms with van der Waals surface area (Å²) in [5.74, 6) is 0. The van der Waals surface area contributed by atoms with Crippen LogP contribution in [0.25, 0.3) is 0 Å². The van der Waals surface area contributed by atoms with Gasteiger partial charge in [0.1, 0.15) is 11.4 Å². The van der Waals surface area contributed by atoms with Crippen molar-refractivity contribution in [2.75, 3.05) is 26.2 Å². The molecule has 0 saturated carbocycles. The van der Waals surface area contributed by atoms with Crippen LogP contribution in [0, 0.1) is 5.41 Å². The summed E-state index contributed by atoms with van der Waals surface area (Å²) < 4.78 is 13.8. The maximum Gasteiger partial charge on any atom is 0.451 e. The molecule has 17 heavy (non-hydrogen) atoms. The van der Waals surface area contributed by atoms with Gasteiger partial charge in [0.05, 0.1) is 13.1 Å². The van der Waals surface area contributed by atoms with Crippen LogP contribution in [0.4, 0.5) is 4.79 Å². The van der Waals surface area contributed by atoms with Crippen LogP contribution in [-0.2, 0) is 11.4 Å². The Morgan fingerprint density at radius 3 is 2.59 bits per heavy atom. The highest BCUT2D eigenvalue weighted by Crippen LogP contribution is 2.32. The van der Waals surface area contributed by atoms with E-state index in [2.05, 4.69) is 20.8 Å². The Morgan fingerprint density at radius 1 is 1.47 bits per heavy atom. The molecule has 0 aromatic heterocycles. The van der Waals surface area contributed by atoms with E-state index in [1.807, 2.05) is 6.08 Å². The van der Waals surface area contributed by atoms with Gasteiger partial charge in [-0.15, -0.1) is 4.31 Å². The third-order valence-corrected chi connectivity index (χ3v) is 4.57. The Bertz CT molecular complexity index is 346. The molecule has 0 radical (unpaired) electrons. The van der Waals surface area contributed by atoms with E-state index in [-0.39, 0.29) is 10.7 Å². The molecule has 0 bridgehead atoms. The van der Waals surface area contributed by atoms with Gasteiger partial charge in [0, 0.05) is 13.1 Å². The Balaban J connectivity index is 1.88. The first kappa shape index (κ1) is 12.9. The van der Waals surface area contributed by atoms with E-state index < -0.39 is 11.4 Å². The minimum Gasteiger partial charge on any atom is -0.589 e. The second kappa shape index (κ2) is 4.63. The summed E-state index contributed by atoms with van der Waals surface area (Å²) in [4.78, 5) is 13.7. The van der Waals surface area contributed by atoms with Gasteiger partial charge < -0.3 is 4.55 Å². The lowest BCUT2D eigenvalue weighted by atomic mass is 9.87. The normalized spacial score (nSPS) is 26.1. The van der Waals surface area contributed by atoms with E-state index in [4.69, 9.17) is 0 Å². The molecule has 5 heteroatoms. The first-order chi connectivity index (χ1) is 7.89. The summed E-state index contributed by atoms with van der Waals surface area (Å²) >= 11 is -1.49. The number of rotatable bonds is 1. The molecular formula is C12H20N2O2S. The minimum absolute atomic E-state index is 0.203. The quantitative estimate of drug-likeness (QED) is 0.530. The molecule has 2 aliphatic rings. The smallest absolute Gasteiger partial charge is 0.451 e. The molecule has 1 atom stereocenters. The lowest BCUT2D eigenvalue weighted by Gasteiger charge is -2.43. The monoisotopic (exact) mass is 256 g/mol. The third kappa shape index (κ3) is 2.84. The van der Waals surface area contributed by atoms with Crippen molar-refractivity contribution in [1.29, 1.82) is 0 Å². The van der Waals surface area contributed by atoms with E-state index >= 15 is 0 Å². The molecule has 2 rings (SSSR count). The molecule has 0 spiro atoms. The van der Waals surface area contributed by atoms with E-state index in [0.29, 0.717) is 13.1 Å². The van der Waals surface area contributed by atoms with Crippen molar-refractivity contribution < 1.29 is 9.35 Å². The van der Waals surface area contributed by atoms with Gasteiger partial charge in [-0.2, -0.15) is 0 Å². The number of hydrogen-bond acceptors (Lipinski definition) is 3. The predicted octanol–water partition coefficient (Wildman–Crippen LogP) is 1.76. The SMILES string of the molecule is CC1=CCN(C(=O)[S+]([O-])N2CC(C)(C)C2)CC1. The molecule has 0 aromatic rings. The van der Waals surface area contributed by atoms with E-state index in [0.717, 1.165) is 19.5 Å². The van der Waals surface area contributed by atoms with Crippen LogP contribution in [0.3, 0.4) is 0 Å². The van der Waals surface area contributed by atoms with Gasteiger partial charge in [0.15, 0.2) is 0 Å². The summed E-state index contributed by atoms with van der Waals surface area (Å²) in [6.07, 6.45) is 2.94. The van der Waals surface area contributed by atoms with Crippen molar-refractivity contribution in [3.05, 3.63) is 11.6 Å². The van der Waals surface area contributed by atoms with Crippen molar-refractivity contribution in [3.63, 3.8) is 0 Å². The van der Waals surface area contributed by atoms with E-state index in [1.54, 1.807) is 9.21 Å². The van der Waals surface area contributed by atoms with Crippen LogP contribution >= 0.6 is 0 Å². The maximum atomic E-state index is 12.0. The summed E-state index contributed by atoms with van der Waals surface area (Å²) in [6.45, 7) is 9.10. The van der Waals surface area contributed by atoms with E-state index in [9.17, 15) is 9.35 Å². The maximum absolute atomic E-state index is 12.0.